The average molecular weight is 471 g/mol. The van der Waals surface area contributed by atoms with Crippen molar-refractivity contribution in [2.75, 3.05) is 26.3 Å². The molecule has 0 fully saturated rings. The molecular formula is C20H30IN3O2. The summed E-state index contributed by atoms with van der Waals surface area (Å²) in [4.78, 5) is 4.68. The number of furan rings is 1. The van der Waals surface area contributed by atoms with Gasteiger partial charge in [-0.1, -0.05) is 30.3 Å². The van der Waals surface area contributed by atoms with Crippen molar-refractivity contribution in [3.63, 3.8) is 0 Å². The van der Waals surface area contributed by atoms with Crippen LogP contribution in [0.1, 0.15) is 31.1 Å². The van der Waals surface area contributed by atoms with Crippen LogP contribution in [-0.2, 0) is 17.7 Å². The standard InChI is InChI=1S/C20H29N3O2.HI/c1-2-24-15-7-6-13-21-20(22-14-12-19-11-8-16-25-19)23-17-18-9-4-3-5-10-18;/h3-5,8-11,16H,2,6-7,12-15,17H2,1H3,(H2,21,22,23);1H. The number of unbranched alkanes of at least 4 members (excludes halogenated alkanes) is 1. The average Bonchev–Trinajstić information content (AvgIpc) is 3.16. The highest BCUT2D eigenvalue weighted by Crippen LogP contribution is 2.01. The summed E-state index contributed by atoms with van der Waals surface area (Å²) in [5.41, 5.74) is 1.20. The van der Waals surface area contributed by atoms with Gasteiger partial charge in [0.1, 0.15) is 5.76 Å². The van der Waals surface area contributed by atoms with E-state index in [1.165, 1.54) is 5.56 Å². The minimum atomic E-state index is 0. The Bertz CT molecular complexity index is 588. The van der Waals surface area contributed by atoms with Crippen LogP contribution >= 0.6 is 24.0 Å². The summed E-state index contributed by atoms with van der Waals surface area (Å²) in [6.45, 7) is 5.96. The van der Waals surface area contributed by atoms with Gasteiger partial charge < -0.3 is 19.8 Å². The van der Waals surface area contributed by atoms with E-state index in [1.54, 1.807) is 6.26 Å². The van der Waals surface area contributed by atoms with Crippen molar-refractivity contribution in [3.05, 3.63) is 60.1 Å². The van der Waals surface area contributed by atoms with E-state index in [1.807, 2.05) is 37.3 Å². The first-order valence-electron chi connectivity index (χ1n) is 9.04. The lowest BCUT2D eigenvalue weighted by Crippen LogP contribution is -2.39. The van der Waals surface area contributed by atoms with E-state index in [2.05, 4.69) is 27.8 Å². The first-order chi connectivity index (χ1) is 12.4. The van der Waals surface area contributed by atoms with Gasteiger partial charge in [0.2, 0.25) is 0 Å². The van der Waals surface area contributed by atoms with Crippen molar-refractivity contribution in [2.45, 2.75) is 32.7 Å². The highest BCUT2D eigenvalue weighted by molar-refractivity contribution is 14.0. The number of guanidine groups is 1. The molecule has 0 saturated heterocycles. The van der Waals surface area contributed by atoms with Crippen LogP contribution in [0.4, 0.5) is 0 Å². The topological polar surface area (TPSA) is 58.8 Å². The van der Waals surface area contributed by atoms with Gasteiger partial charge in [0, 0.05) is 32.7 Å². The number of rotatable bonds is 11. The van der Waals surface area contributed by atoms with Crippen molar-refractivity contribution >= 4 is 29.9 Å². The van der Waals surface area contributed by atoms with Crippen LogP contribution in [0.25, 0.3) is 0 Å². The third kappa shape index (κ3) is 9.82. The molecule has 144 valence electrons. The molecule has 0 atom stereocenters. The Morgan fingerprint density at radius 1 is 1.04 bits per heavy atom. The lowest BCUT2D eigenvalue weighted by Gasteiger charge is -2.12. The molecule has 0 spiro atoms. The SMILES string of the molecule is CCOCCCCNC(=NCc1ccccc1)NCCc1ccco1.I. The van der Waals surface area contributed by atoms with Gasteiger partial charge in [0.25, 0.3) is 0 Å². The molecular weight excluding hydrogens is 441 g/mol. The monoisotopic (exact) mass is 471 g/mol. The summed E-state index contributed by atoms with van der Waals surface area (Å²) >= 11 is 0. The number of hydrogen-bond donors (Lipinski definition) is 2. The van der Waals surface area contributed by atoms with Crippen LogP contribution < -0.4 is 10.6 Å². The second-order valence-electron chi connectivity index (χ2n) is 5.74. The molecule has 0 amide bonds. The number of halogens is 1. The second-order valence-corrected chi connectivity index (χ2v) is 5.74. The Labute approximate surface area is 173 Å². The predicted octanol–water partition coefficient (Wildman–Crippen LogP) is 3.99. The summed E-state index contributed by atoms with van der Waals surface area (Å²) < 4.78 is 10.7. The Balaban J connectivity index is 0.00000338. The van der Waals surface area contributed by atoms with Crippen LogP contribution in [0.5, 0.6) is 0 Å². The maximum absolute atomic E-state index is 5.37. The van der Waals surface area contributed by atoms with Crippen LogP contribution in [0.3, 0.4) is 0 Å². The quantitative estimate of drug-likeness (QED) is 0.225. The van der Waals surface area contributed by atoms with Crippen molar-refractivity contribution in [3.8, 4) is 0 Å². The van der Waals surface area contributed by atoms with E-state index >= 15 is 0 Å². The smallest absolute Gasteiger partial charge is 0.191 e. The van der Waals surface area contributed by atoms with E-state index in [4.69, 9.17) is 9.15 Å². The Morgan fingerprint density at radius 2 is 1.85 bits per heavy atom. The molecule has 2 N–H and O–H groups in total. The van der Waals surface area contributed by atoms with Gasteiger partial charge >= 0.3 is 0 Å². The van der Waals surface area contributed by atoms with Crippen molar-refractivity contribution in [2.24, 2.45) is 4.99 Å². The third-order valence-electron chi connectivity index (χ3n) is 3.72. The zero-order valence-electron chi connectivity index (χ0n) is 15.4. The van der Waals surface area contributed by atoms with E-state index in [0.29, 0.717) is 6.54 Å². The van der Waals surface area contributed by atoms with Crippen LogP contribution in [0.15, 0.2) is 58.1 Å². The number of aliphatic imine (C=N–C) groups is 1. The van der Waals surface area contributed by atoms with Crippen LogP contribution in [0, 0.1) is 0 Å². The van der Waals surface area contributed by atoms with Gasteiger partial charge in [-0.05, 0) is 37.5 Å². The summed E-state index contributed by atoms with van der Waals surface area (Å²) in [7, 11) is 0. The van der Waals surface area contributed by atoms with E-state index in [9.17, 15) is 0 Å². The highest BCUT2D eigenvalue weighted by Gasteiger charge is 2.01. The van der Waals surface area contributed by atoms with Crippen LogP contribution in [-0.4, -0.2) is 32.3 Å². The summed E-state index contributed by atoms with van der Waals surface area (Å²) in [6, 6.07) is 14.2. The molecule has 0 bridgehead atoms. The fourth-order valence-electron chi connectivity index (χ4n) is 2.37. The van der Waals surface area contributed by atoms with E-state index in [0.717, 1.165) is 57.3 Å². The zero-order chi connectivity index (χ0) is 17.6. The molecule has 0 aliphatic heterocycles. The maximum atomic E-state index is 5.37. The third-order valence-corrected chi connectivity index (χ3v) is 3.72. The van der Waals surface area contributed by atoms with Gasteiger partial charge in [-0.15, -0.1) is 24.0 Å². The van der Waals surface area contributed by atoms with Crippen molar-refractivity contribution in [1.82, 2.24) is 10.6 Å². The molecule has 26 heavy (non-hydrogen) atoms. The van der Waals surface area contributed by atoms with Gasteiger partial charge in [0.05, 0.1) is 12.8 Å². The Morgan fingerprint density at radius 3 is 2.58 bits per heavy atom. The fraction of sp³-hybridized carbons (Fsp3) is 0.450. The number of nitrogens with zero attached hydrogens (tertiary/aromatic N) is 1. The molecule has 1 heterocycles. The minimum absolute atomic E-state index is 0. The van der Waals surface area contributed by atoms with Crippen molar-refractivity contribution < 1.29 is 9.15 Å². The fourth-order valence-corrected chi connectivity index (χ4v) is 2.37. The van der Waals surface area contributed by atoms with Gasteiger partial charge in [0.15, 0.2) is 5.96 Å². The number of nitrogens with one attached hydrogen (secondary N) is 2. The summed E-state index contributed by atoms with van der Waals surface area (Å²) in [5, 5.41) is 6.78. The first-order valence-corrected chi connectivity index (χ1v) is 9.04. The molecule has 0 saturated carbocycles. The molecule has 0 unspecified atom stereocenters. The lowest BCUT2D eigenvalue weighted by atomic mass is 10.2. The Kier molecular flexibility index (Phi) is 12.6. The van der Waals surface area contributed by atoms with Crippen LogP contribution in [0.2, 0.25) is 0 Å². The van der Waals surface area contributed by atoms with E-state index in [-0.39, 0.29) is 24.0 Å². The van der Waals surface area contributed by atoms with Gasteiger partial charge in [-0.2, -0.15) is 0 Å². The first kappa shape index (κ1) is 22.5. The second kappa shape index (κ2) is 14.6. The lowest BCUT2D eigenvalue weighted by molar-refractivity contribution is 0.143. The molecule has 5 nitrogen and oxygen atoms in total. The molecule has 0 radical (unpaired) electrons. The highest BCUT2D eigenvalue weighted by atomic mass is 127. The molecule has 0 aliphatic carbocycles. The molecule has 6 heteroatoms. The molecule has 2 rings (SSSR count). The zero-order valence-corrected chi connectivity index (χ0v) is 17.8. The van der Waals surface area contributed by atoms with Gasteiger partial charge in [-0.25, -0.2) is 4.99 Å². The summed E-state index contributed by atoms with van der Waals surface area (Å²) in [5.74, 6) is 1.82. The number of hydrogen-bond acceptors (Lipinski definition) is 3. The number of benzene rings is 1. The molecule has 1 aromatic heterocycles. The largest absolute Gasteiger partial charge is 0.469 e. The molecule has 1 aromatic carbocycles. The van der Waals surface area contributed by atoms with Gasteiger partial charge in [-0.3, -0.25) is 0 Å². The predicted molar refractivity (Wildman–Crippen MR) is 117 cm³/mol. The van der Waals surface area contributed by atoms with Crippen molar-refractivity contribution in [1.29, 1.82) is 0 Å². The normalized spacial score (nSPS) is 11.0. The van der Waals surface area contributed by atoms with E-state index < -0.39 is 0 Å². The Hall–Kier alpha value is -1.54. The summed E-state index contributed by atoms with van der Waals surface area (Å²) in [6.07, 6.45) is 4.66. The molecule has 0 aliphatic rings. The number of ether oxygens (including phenoxy) is 1. The maximum Gasteiger partial charge on any atom is 0.191 e. The molecule has 2 aromatic rings. The minimum Gasteiger partial charge on any atom is -0.469 e.